The number of ether oxygens (including phenoxy) is 1. The third-order valence-corrected chi connectivity index (χ3v) is 5.90. The van der Waals surface area contributed by atoms with Crippen molar-refractivity contribution < 1.29 is 9.53 Å². The summed E-state index contributed by atoms with van der Waals surface area (Å²) in [6.07, 6.45) is 8.71. The second kappa shape index (κ2) is 14.4. The van der Waals surface area contributed by atoms with Crippen LogP contribution in [0.3, 0.4) is 0 Å². The van der Waals surface area contributed by atoms with E-state index in [1.807, 2.05) is 0 Å². The van der Waals surface area contributed by atoms with Gasteiger partial charge in [0.15, 0.2) is 5.96 Å². The van der Waals surface area contributed by atoms with Gasteiger partial charge in [-0.25, -0.2) is 4.99 Å². The molecule has 2 aliphatic rings. The zero-order valence-electron chi connectivity index (χ0n) is 18.7. The van der Waals surface area contributed by atoms with Crippen molar-refractivity contribution >= 4 is 35.8 Å². The first-order valence-electron chi connectivity index (χ1n) is 11.1. The molecular formula is C21H42IN5O2. The minimum Gasteiger partial charge on any atom is -0.379 e. The van der Waals surface area contributed by atoms with E-state index < -0.39 is 0 Å². The van der Waals surface area contributed by atoms with Crippen LogP contribution in [-0.4, -0.2) is 88.2 Å². The molecule has 0 aromatic rings. The number of unbranched alkanes of at least 4 members (excludes halogenated alkanes) is 1. The highest BCUT2D eigenvalue weighted by molar-refractivity contribution is 14.0. The predicted molar refractivity (Wildman–Crippen MR) is 130 cm³/mol. The zero-order chi connectivity index (χ0) is 20.2. The smallest absolute Gasteiger partial charge is 0.243 e. The lowest BCUT2D eigenvalue weighted by atomic mass is 9.73. The Hall–Kier alpha value is -0.610. The van der Waals surface area contributed by atoms with Crippen LogP contribution >= 0.6 is 24.0 Å². The molecule has 1 aliphatic heterocycles. The van der Waals surface area contributed by atoms with Gasteiger partial charge in [-0.15, -0.1) is 24.0 Å². The van der Waals surface area contributed by atoms with Gasteiger partial charge in [0, 0.05) is 52.2 Å². The highest BCUT2D eigenvalue weighted by Crippen LogP contribution is 2.36. The number of rotatable bonds is 9. The molecule has 0 aromatic heterocycles. The Kier molecular flexibility index (Phi) is 13.1. The monoisotopic (exact) mass is 523 g/mol. The maximum Gasteiger partial charge on any atom is 0.243 e. The number of carbonyl (C=O) groups is 1. The Balaban J connectivity index is 0.00000420. The molecule has 0 spiro atoms. The number of likely N-dealkylation sites (N-methyl/N-ethyl adjacent to an activating group) is 1. The van der Waals surface area contributed by atoms with Crippen molar-refractivity contribution in [2.45, 2.75) is 51.9 Å². The summed E-state index contributed by atoms with van der Waals surface area (Å²) >= 11 is 0. The van der Waals surface area contributed by atoms with Gasteiger partial charge in [0.2, 0.25) is 5.91 Å². The molecule has 1 heterocycles. The molecule has 2 N–H and O–H groups in total. The van der Waals surface area contributed by atoms with Gasteiger partial charge in [-0.1, -0.05) is 32.6 Å². The number of halogens is 1. The predicted octanol–water partition coefficient (Wildman–Crippen LogP) is 2.31. The molecule has 0 aromatic carbocycles. The van der Waals surface area contributed by atoms with Gasteiger partial charge >= 0.3 is 0 Å². The van der Waals surface area contributed by atoms with E-state index >= 15 is 0 Å². The van der Waals surface area contributed by atoms with E-state index in [1.54, 1.807) is 19.0 Å². The molecular weight excluding hydrogens is 481 g/mol. The summed E-state index contributed by atoms with van der Waals surface area (Å²) in [4.78, 5) is 20.7. The molecule has 29 heavy (non-hydrogen) atoms. The quantitative estimate of drug-likeness (QED) is 0.210. The van der Waals surface area contributed by atoms with Crippen molar-refractivity contribution in [2.75, 3.05) is 66.6 Å². The molecule has 7 nitrogen and oxygen atoms in total. The van der Waals surface area contributed by atoms with Gasteiger partial charge in [0.05, 0.1) is 13.2 Å². The van der Waals surface area contributed by atoms with Crippen LogP contribution in [0.5, 0.6) is 0 Å². The van der Waals surface area contributed by atoms with Crippen LogP contribution in [0, 0.1) is 5.41 Å². The van der Waals surface area contributed by atoms with Gasteiger partial charge in [-0.05, 0) is 19.3 Å². The maximum absolute atomic E-state index is 12.0. The largest absolute Gasteiger partial charge is 0.379 e. The Morgan fingerprint density at radius 1 is 1.14 bits per heavy atom. The average molecular weight is 524 g/mol. The number of morpholine rings is 1. The van der Waals surface area contributed by atoms with Crippen molar-refractivity contribution in [2.24, 2.45) is 10.4 Å². The Bertz CT molecular complexity index is 489. The third-order valence-electron chi connectivity index (χ3n) is 5.90. The second-order valence-electron chi connectivity index (χ2n) is 8.54. The Labute approximate surface area is 194 Å². The third kappa shape index (κ3) is 9.83. The second-order valence-corrected chi connectivity index (χ2v) is 8.54. The average Bonchev–Trinajstić information content (AvgIpc) is 2.71. The van der Waals surface area contributed by atoms with Gasteiger partial charge in [0.25, 0.3) is 0 Å². The Morgan fingerprint density at radius 3 is 2.45 bits per heavy atom. The van der Waals surface area contributed by atoms with E-state index in [1.165, 1.54) is 32.1 Å². The summed E-state index contributed by atoms with van der Waals surface area (Å²) in [7, 11) is 3.55. The first-order chi connectivity index (χ1) is 13.5. The summed E-state index contributed by atoms with van der Waals surface area (Å²) in [6.45, 7) is 9.06. The topological polar surface area (TPSA) is 69.2 Å². The highest BCUT2D eigenvalue weighted by Gasteiger charge is 2.34. The highest BCUT2D eigenvalue weighted by atomic mass is 127. The lowest BCUT2D eigenvalue weighted by Crippen LogP contribution is -2.51. The Morgan fingerprint density at radius 2 is 1.83 bits per heavy atom. The van der Waals surface area contributed by atoms with Crippen LogP contribution in [0.4, 0.5) is 0 Å². The van der Waals surface area contributed by atoms with E-state index in [-0.39, 0.29) is 41.8 Å². The molecule has 0 unspecified atom stereocenters. The number of nitrogens with one attached hydrogen (secondary N) is 2. The van der Waals surface area contributed by atoms with Crippen molar-refractivity contribution in [1.82, 2.24) is 20.4 Å². The summed E-state index contributed by atoms with van der Waals surface area (Å²) in [5, 5.41) is 6.99. The molecule has 8 heteroatoms. The van der Waals surface area contributed by atoms with Crippen LogP contribution in [0.2, 0.25) is 0 Å². The fourth-order valence-corrected chi connectivity index (χ4v) is 4.04. The fraction of sp³-hybridized carbons (Fsp3) is 0.905. The fourth-order valence-electron chi connectivity index (χ4n) is 4.04. The van der Waals surface area contributed by atoms with Crippen molar-refractivity contribution in [3.05, 3.63) is 0 Å². The number of hydrogen-bond donors (Lipinski definition) is 2. The van der Waals surface area contributed by atoms with E-state index in [2.05, 4.69) is 27.4 Å². The minimum atomic E-state index is 0. The van der Waals surface area contributed by atoms with Crippen LogP contribution in [0.1, 0.15) is 51.9 Å². The van der Waals surface area contributed by atoms with Gasteiger partial charge in [-0.2, -0.15) is 0 Å². The van der Waals surface area contributed by atoms with Gasteiger partial charge in [-0.3, -0.25) is 9.69 Å². The zero-order valence-corrected chi connectivity index (χ0v) is 21.0. The van der Waals surface area contributed by atoms with E-state index in [4.69, 9.17) is 4.74 Å². The number of hydrogen-bond acceptors (Lipinski definition) is 4. The lowest BCUT2D eigenvalue weighted by molar-refractivity contribution is -0.127. The lowest BCUT2D eigenvalue weighted by Gasteiger charge is -2.42. The molecule has 0 radical (unpaired) electrons. The summed E-state index contributed by atoms with van der Waals surface area (Å²) in [6, 6.07) is 0. The van der Waals surface area contributed by atoms with Crippen molar-refractivity contribution in [3.63, 3.8) is 0 Å². The molecule has 170 valence electrons. The maximum atomic E-state index is 12.0. The normalized spacial score (nSPS) is 19.9. The first-order valence-corrected chi connectivity index (χ1v) is 11.1. The SMILES string of the molecule is CCCCNC(=NCC(=O)N(C)C)NCC1(CN2CCOCC2)CCCCC1.I. The van der Waals surface area contributed by atoms with E-state index in [9.17, 15) is 4.79 Å². The van der Waals surface area contributed by atoms with Crippen LogP contribution in [0.15, 0.2) is 4.99 Å². The van der Waals surface area contributed by atoms with E-state index in [0.717, 1.165) is 64.7 Å². The summed E-state index contributed by atoms with van der Waals surface area (Å²) < 4.78 is 5.53. The van der Waals surface area contributed by atoms with Crippen LogP contribution in [-0.2, 0) is 9.53 Å². The molecule has 1 amide bonds. The summed E-state index contributed by atoms with van der Waals surface area (Å²) in [5.74, 6) is 0.799. The molecule has 1 saturated heterocycles. The molecule has 0 atom stereocenters. The number of carbonyl (C=O) groups excluding carboxylic acids is 1. The molecule has 1 saturated carbocycles. The van der Waals surface area contributed by atoms with Crippen molar-refractivity contribution in [3.8, 4) is 0 Å². The molecule has 0 bridgehead atoms. The number of amides is 1. The first kappa shape index (κ1) is 26.4. The molecule has 2 fully saturated rings. The van der Waals surface area contributed by atoms with Crippen LogP contribution in [0.25, 0.3) is 0 Å². The minimum absolute atomic E-state index is 0. The van der Waals surface area contributed by atoms with Crippen LogP contribution < -0.4 is 10.6 Å². The van der Waals surface area contributed by atoms with Gasteiger partial charge in [0.1, 0.15) is 6.54 Å². The number of guanidine groups is 1. The molecule has 1 aliphatic carbocycles. The standard InChI is InChI=1S/C21H41N5O2.HI/c1-4-5-11-22-20(23-16-19(27)25(2)3)24-17-21(9-7-6-8-10-21)18-26-12-14-28-15-13-26;/h4-18H2,1-3H3,(H2,22,23,24);1H. The van der Waals surface area contributed by atoms with Crippen molar-refractivity contribution in [1.29, 1.82) is 0 Å². The van der Waals surface area contributed by atoms with Gasteiger partial charge < -0.3 is 20.3 Å². The number of aliphatic imine (C=N–C) groups is 1. The molecule has 2 rings (SSSR count). The van der Waals surface area contributed by atoms with E-state index in [0.29, 0.717) is 0 Å². The number of nitrogens with zero attached hydrogens (tertiary/aromatic N) is 3. The summed E-state index contributed by atoms with van der Waals surface area (Å²) in [5.41, 5.74) is 0.286.